The zero-order valence-electron chi connectivity index (χ0n) is 16.2. The van der Waals surface area contributed by atoms with Gasteiger partial charge in [0.25, 0.3) is 0 Å². The number of rotatable bonds is 12. The molecule has 1 rings (SSSR count). The molecular weight excluding hydrogens is 336 g/mol. The van der Waals surface area contributed by atoms with Crippen molar-refractivity contribution in [3.63, 3.8) is 0 Å². The van der Waals surface area contributed by atoms with Gasteiger partial charge in [-0.25, -0.2) is 0 Å². The number of aryl methyl sites for hydroxylation is 1. The van der Waals surface area contributed by atoms with E-state index in [1.807, 2.05) is 26.8 Å². The van der Waals surface area contributed by atoms with E-state index >= 15 is 0 Å². The van der Waals surface area contributed by atoms with Gasteiger partial charge in [0.05, 0.1) is 0 Å². The summed E-state index contributed by atoms with van der Waals surface area (Å²) in [4.78, 5) is 0. The molecule has 0 saturated carbocycles. The minimum absolute atomic E-state index is 0.627. The first-order valence-corrected chi connectivity index (χ1v) is 14.4. The summed E-state index contributed by atoms with van der Waals surface area (Å²) in [6.45, 7) is 14.5. The molecule has 0 saturated heterocycles. The Kier molecular flexibility index (Phi) is 9.22. The summed E-state index contributed by atoms with van der Waals surface area (Å²) in [5, 5.41) is 0. The lowest BCUT2D eigenvalue weighted by molar-refractivity contribution is 0.0708. The van der Waals surface area contributed by atoms with Gasteiger partial charge in [0.2, 0.25) is 8.32 Å². The maximum atomic E-state index is 6.21. The van der Waals surface area contributed by atoms with Crippen LogP contribution in [-0.4, -0.2) is 36.9 Å². The molecule has 6 heteroatoms. The Morgan fingerprint density at radius 1 is 0.833 bits per heavy atom. The average molecular weight is 371 g/mol. The van der Waals surface area contributed by atoms with Crippen LogP contribution in [0.25, 0.3) is 0 Å². The molecule has 1 aromatic rings. The minimum Gasteiger partial charge on any atom is -0.544 e. The highest BCUT2D eigenvalue weighted by atomic mass is 28.4. The van der Waals surface area contributed by atoms with Crippen LogP contribution in [0.3, 0.4) is 0 Å². The molecule has 0 N–H and O–H groups in total. The molecule has 138 valence electrons. The highest BCUT2D eigenvalue weighted by Gasteiger charge is 2.39. The third-order valence-electron chi connectivity index (χ3n) is 3.41. The fourth-order valence-electron chi connectivity index (χ4n) is 2.64. The molecule has 0 aliphatic heterocycles. The monoisotopic (exact) mass is 370 g/mol. The van der Waals surface area contributed by atoms with Gasteiger partial charge in [-0.15, -0.1) is 0 Å². The standard InChI is InChI=1S/C18H34O4Si2/c1-7-19-24(20-8-2,21-9-3)16-12-14-17-13-10-11-15-18(17)22-23(4,5)6/h10-11,13,15H,7-9,12,14,16H2,1-6H3. The van der Waals surface area contributed by atoms with E-state index in [9.17, 15) is 0 Å². The van der Waals surface area contributed by atoms with E-state index in [-0.39, 0.29) is 0 Å². The summed E-state index contributed by atoms with van der Waals surface area (Å²) in [6, 6.07) is 9.18. The summed E-state index contributed by atoms with van der Waals surface area (Å²) in [5.74, 6) is 1.02. The molecule has 0 aliphatic rings. The predicted molar refractivity (Wildman–Crippen MR) is 104 cm³/mol. The zero-order chi connectivity index (χ0) is 18.1. The third kappa shape index (κ3) is 7.48. The van der Waals surface area contributed by atoms with E-state index < -0.39 is 17.1 Å². The van der Waals surface area contributed by atoms with Gasteiger partial charge >= 0.3 is 8.80 Å². The van der Waals surface area contributed by atoms with Crippen molar-refractivity contribution in [1.82, 2.24) is 0 Å². The number of benzene rings is 1. The summed E-state index contributed by atoms with van der Waals surface area (Å²) in [5.41, 5.74) is 1.26. The normalized spacial score (nSPS) is 12.4. The predicted octanol–water partition coefficient (Wildman–Crippen LogP) is 4.88. The van der Waals surface area contributed by atoms with Gasteiger partial charge in [-0.2, -0.15) is 0 Å². The lowest BCUT2D eigenvalue weighted by Crippen LogP contribution is -2.46. The Hall–Kier alpha value is -0.666. The van der Waals surface area contributed by atoms with Crippen LogP contribution in [-0.2, 0) is 19.7 Å². The molecule has 24 heavy (non-hydrogen) atoms. The van der Waals surface area contributed by atoms with E-state index in [2.05, 4.69) is 37.8 Å². The molecule has 0 aliphatic carbocycles. The molecule has 0 radical (unpaired) electrons. The van der Waals surface area contributed by atoms with Crippen LogP contribution >= 0.6 is 0 Å². The molecular formula is C18H34O4Si2. The maximum Gasteiger partial charge on any atom is 0.500 e. The smallest absolute Gasteiger partial charge is 0.500 e. The summed E-state index contributed by atoms with van der Waals surface area (Å²) in [6.07, 6.45) is 1.92. The fourth-order valence-corrected chi connectivity index (χ4v) is 6.11. The fraction of sp³-hybridized carbons (Fsp3) is 0.667. The Morgan fingerprint density at radius 2 is 1.38 bits per heavy atom. The largest absolute Gasteiger partial charge is 0.544 e. The SMILES string of the molecule is CCO[Si](CCCc1ccccc1O[Si](C)(C)C)(OCC)OCC. The molecule has 0 unspecified atom stereocenters. The Bertz CT molecular complexity index is 457. The second-order valence-electron chi connectivity index (χ2n) is 6.66. The van der Waals surface area contributed by atoms with Crippen LogP contribution in [0.2, 0.25) is 25.7 Å². The summed E-state index contributed by atoms with van der Waals surface area (Å²) in [7, 11) is -4.15. The minimum atomic E-state index is -2.55. The molecule has 0 amide bonds. The molecule has 0 bridgehead atoms. The van der Waals surface area contributed by atoms with Crippen molar-refractivity contribution >= 4 is 17.1 Å². The second-order valence-corrected chi connectivity index (χ2v) is 13.8. The highest BCUT2D eigenvalue weighted by Crippen LogP contribution is 2.26. The summed E-state index contributed by atoms with van der Waals surface area (Å²) < 4.78 is 24.0. The van der Waals surface area contributed by atoms with E-state index in [0.717, 1.165) is 24.6 Å². The Labute approximate surface area is 150 Å². The highest BCUT2D eigenvalue weighted by molar-refractivity contribution is 6.70. The van der Waals surface area contributed by atoms with Gasteiger partial charge < -0.3 is 17.7 Å². The summed E-state index contributed by atoms with van der Waals surface area (Å²) >= 11 is 0. The van der Waals surface area contributed by atoms with Crippen LogP contribution in [0.4, 0.5) is 0 Å². The van der Waals surface area contributed by atoms with Crippen LogP contribution in [0, 0.1) is 0 Å². The number of hydrogen-bond acceptors (Lipinski definition) is 4. The van der Waals surface area contributed by atoms with Crippen LogP contribution in [0.1, 0.15) is 32.8 Å². The number of hydrogen-bond donors (Lipinski definition) is 0. The lowest BCUT2D eigenvalue weighted by Gasteiger charge is -2.28. The van der Waals surface area contributed by atoms with E-state index in [4.69, 9.17) is 17.7 Å². The Morgan fingerprint density at radius 3 is 1.88 bits per heavy atom. The van der Waals surface area contributed by atoms with Gasteiger partial charge in [0, 0.05) is 25.9 Å². The van der Waals surface area contributed by atoms with Crippen molar-refractivity contribution in [2.45, 2.75) is 59.3 Å². The van der Waals surface area contributed by atoms with E-state index in [0.29, 0.717) is 19.8 Å². The van der Waals surface area contributed by atoms with Crippen molar-refractivity contribution in [2.75, 3.05) is 19.8 Å². The molecule has 0 spiro atoms. The van der Waals surface area contributed by atoms with Crippen molar-refractivity contribution < 1.29 is 17.7 Å². The van der Waals surface area contributed by atoms with Crippen molar-refractivity contribution in [3.8, 4) is 5.75 Å². The molecule has 0 heterocycles. The first-order chi connectivity index (χ1) is 11.4. The van der Waals surface area contributed by atoms with Crippen LogP contribution < -0.4 is 4.43 Å². The quantitative estimate of drug-likeness (QED) is 0.491. The first-order valence-electron chi connectivity index (χ1n) is 9.04. The molecule has 0 atom stereocenters. The van der Waals surface area contributed by atoms with E-state index in [1.54, 1.807) is 0 Å². The Balaban J connectivity index is 2.73. The van der Waals surface area contributed by atoms with Gasteiger partial charge in [0.15, 0.2) is 0 Å². The average Bonchev–Trinajstić information content (AvgIpc) is 2.48. The molecule has 0 fully saturated rings. The van der Waals surface area contributed by atoms with Crippen molar-refractivity contribution in [1.29, 1.82) is 0 Å². The van der Waals surface area contributed by atoms with Crippen molar-refractivity contribution in [3.05, 3.63) is 29.8 Å². The zero-order valence-corrected chi connectivity index (χ0v) is 18.2. The van der Waals surface area contributed by atoms with E-state index in [1.165, 1.54) is 5.56 Å². The number of para-hydroxylation sites is 1. The van der Waals surface area contributed by atoms with Crippen LogP contribution in [0.15, 0.2) is 24.3 Å². The van der Waals surface area contributed by atoms with Gasteiger partial charge in [-0.05, 0) is 64.9 Å². The van der Waals surface area contributed by atoms with Gasteiger partial charge in [0.1, 0.15) is 5.75 Å². The molecule has 4 nitrogen and oxygen atoms in total. The third-order valence-corrected chi connectivity index (χ3v) is 7.39. The van der Waals surface area contributed by atoms with Crippen molar-refractivity contribution in [2.24, 2.45) is 0 Å². The van der Waals surface area contributed by atoms with Gasteiger partial charge in [-0.1, -0.05) is 18.2 Å². The first kappa shape index (κ1) is 21.4. The van der Waals surface area contributed by atoms with Crippen LogP contribution in [0.5, 0.6) is 5.75 Å². The van der Waals surface area contributed by atoms with Gasteiger partial charge in [-0.3, -0.25) is 0 Å². The molecule has 0 aromatic heterocycles. The molecule has 1 aromatic carbocycles. The topological polar surface area (TPSA) is 36.9 Å². The maximum absolute atomic E-state index is 6.21. The lowest BCUT2D eigenvalue weighted by atomic mass is 10.1. The second kappa shape index (κ2) is 10.4.